The fourth-order valence-electron chi connectivity index (χ4n) is 1.57. The first-order valence-electron chi connectivity index (χ1n) is 5.35. The monoisotopic (exact) mass is 369 g/mol. The van der Waals surface area contributed by atoms with Crippen LogP contribution < -0.4 is 5.73 Å². The Bertz CT molecular complexity index is 298. The minimum absolute atomic E-state index is 0. The quantitative estimate of drug-likeness (QED) is 0.706. The highest BCUT2D eigenvalue weighted by Gasteiger charge is 2.07. The fraction of sp³-hybridized carbons (Fsp3) is 0.500. The second-order valence-corrected chi connectivity index (χ2v) is 5.64. The van der Waals surface area contributed by atoms with Crippen molar-refractivity contribution in [3.63, 3.8) is 0 Å². The number of unbranched alkanes of at least 4 members (excludes halogenated alkanes) is 2. The number of hydrogen-bond donors (Lipinski definition) is 1. The molecule has 92 valence electrons. The van der Waals surface area contributed by atoms with Gasteiger partial charge in [-0.25, -0.2) is 0 Å². The molecule has 0 spiro atoms. The van der Waals surface area contributed by atoms with Gasteiger partial charge in [0.05, 0.1) is 0 Å². The SMILES string of the molecule is CCCCC[C@H](N)c1cc(Br)cc(Br)c1.Cl. The van der Waals surface area contributed by atoms with Gasteiger partial charge in [-0.05, 0) is 30.2 Å². The van der Waals surface area contributed by atoms with Crippen LogP contribution in [-0.4, -0.2) is 0 Å². The molecule has 0 amide bonds. The number of nitrogens with two attached hydrogens (primary N) is 1. The summed E-state index contributed by atoms with van der Waals surface area (Å²) < 4.78 is 2.16. The molecular formula is C12H18Br2ClN. The van der Waals surface area contributed by atoms with Crippen LogP contribution in [0.4, 0.5) is 0 Å². The van der Waals surface area contributed by atoms with Crippen LogP contribution in [0.25, 0.3) is 0 Å². The van der Waals surface area contributed by atoms with E-state index >= 15 is 0 Å². The molecule has 1 aromatic rings. The second-order valence-electron chi connectivity index (χ2n) is 3.81. The first-order valence-corrected chi connectivity index (χ1v) is 6.93. The van der Waals surface area contributed by atoms with Crippen molar-refractivity contribution >= 4 is 44.3 Å². The lowest BCUT2D eigenvalue weighted by Crippen LogP contribution is -2.10. The van der Waals surface area contributed by atoms with Crippen molar-refractivity contribution in [1.29, 1.82) is 0 Å². The molecule has 0 fully saturated rings. The van der Waals surface area contributed by atoms with Crippen molar-refractivity contribution in [1.82, 2.24) is 0 Å². The maximum absolute atomic E-state index is 6.13. The van der Waals surface area contributed by atoms with Gasteiger partial charge in [0.2, 0.25) is 0 Å². The van der Waals surface area contributed by atoms with Gasteiger partial charge in [-0.1, -0.05) is 58.0 Å². The van der Waals surface area contributed by atoms with Gasteiger partial charge in [-0.3, -0.25) is 0 Å². The summed E-state index contributed by atoms with van der Waals surface area (Å²) in [6, 6.07) is 6.38. The van der Waals surface area contributed by atoms with Crippen LogP contribution in [0.5, 0.6) is 0 Å². The zero-order valence-corrected chi connectivity index (χ0v) is 13.4. The molecule has 4 heteroatoms. The summed E-state index contributed by atoms with van der Waals surface area (Å²) in [6.07, 6.45) is 4.79. The van der Waals surface area contributed by atoms with E-state index in [1.807, 2.05) is 6.07 Å². The third-order valence-corrected chi connectivity index (χ3v) is 3.35. The van der Waals surface area contributed by atoms with E-state index < -0.39 is 0 Å². The molecule has 0 saturated carbocycles. The number of hydrogen-bond acceptors (Lipinski definition) is 1. The standard InChI is InChI=1S/C12H17Br2N.ClH/c1-2-3-4-5-12(15)9-6-10(13)8-11(14)7-9;/h6-8,12H,2-5,15H2,1H3;1H/t12-;/m0./s1. The van der Waals surface area contributed by atoms with E-state index in [9.17, 15) is 0 Å². The first-order chi connectivity index (χ1) is 7.13. The zero-order chi connectivity index (χ0) is 11.3. The van der Waals surface area contributed by atoms with E-state index in [1.54, 1.807) is 0 Å². The third kappa shape index (κ3) is 5.67. The van der Waals surface area contributed by atoms with Gasteiger partial charge in [-0.15, -0.1) is 12.4 Å². The molecule has 0 aliphatic carbocycles. The maximum Gasteiger partial charge on any atom is 0.0295 e. The van der Waals surface area contributed by atoms with Gasteiger partial charge >= 0.3 is 0 Å². The van der Waals surface area contributed by atoms with Crippen LogP contribution >= 0.6 is 44.3 Å². The predicted molar refractivity (Wildman–Crippen MR) is 80.2 cm³/mol. The zero-order valence-electron chi connectivity index (χ0n) is 9.38. The smallest absolute Gasteiger partial charge is 0.0295 e. The van der Waals surface area contributed by atoms with Gasteiger partial charge in [0.15, 0.2) is 0 Å². The highest BCUT2D eigenvalue weighted by atomic mass is 79.9. The Morgan fingerprint density at radius 1 is 1.12 bits per heavy atom. The van der Waals surface area contributed by atoms with Crippen LogP contribution in [-0.2, 0) is 0 Å². The fourth-order valence-corrected chi connectivity index (χ4v) is 2.90. The first kappa shape index (κ1) is 16.4. The molecule has 0 unspecified atom stereocenters. The molecule has 0 aliphatic rings. The van der Waals surface area contributed by atoms with Gasteiger partial charge in [-0.2, -0.15) is 0 Å². The van der Waals surface area contributed by atoms with E-state index in [4.69, 9.17) is 5.73 Å². The second kappa shape index (κ2) is 8.51. The molecule has 2 N–H and O–H groups in total. The lowest BCUT2D eigenvalue weighted by Gasteiger charge is -2.12. The molecule has 0 aromatic heterocycles. The minimum atomic E-state index is 0. The molecule has 0 radical (unpaired) electrons. The van der Waals surface area contributed by atoms with E-state index in [0.29, 0.717) is 0 Å². The summed E-state index contributed by atoms with van der Waals surface area (Å²) in [4.78, 5) is 0. The van der Waals surface area contributed by atoms with Gasteiger partial charge in [0.1, 0.15) is 0 Å². The Morgan fingerprint density at radius 3 is 2.19 bits per heavy atom. The summed E-state index contributed by atoms with van der Waals surface area (Å²) >= 11 is 6.96. The maximum atomic E-state index is 6.13. The normalized spacial score (nSPS) is 12.0. The molecule has 0 aliphatic heterocycles. The highest BCUT2D eigenvalue weighted by Crippen LogP contribution is 2.25. The summed E-state index contributed by atoms with van der Waals surface area (Å²) in [5.41, 5.74) is 7.33. The number of rotatable bonds is 5. The minimum Gasteiger partial charge on any atom is -0.324 e. The molecule has 1 nitrogen and oxygen atoms in total. The van der Waals surface area contributed by atoms with Crippen LogP contribution in [0.2, 0.25) is 0 Å². The molecule has 0 heterocycles. The Morgan fingerprint density at radius 2 is 1.69 bits per heavy atom. The lowest BCUT2D eigenvalue weighted by atomic mass is 10.0. The Labute approximate surface area is 121 Å². The lowest BCUT2D eigenvalue weighted by molar-refractivity contribution is 0.581. The van der Waals surface area contributed by atoms with Crippen molar-refractivity contribution < 1.29 is 0 Å². The van der Waals surface area contributed by atoms with E-state index in [-0.39, 0.29) is 18.4 Å². The summed E-state index contributed by atoms with van der Waals surface area (Å²) in [6.45, 7) is 2.21. The molecule has 0 bridgehead atoms. The van der Waals surface area contributed by atoms with Gasteiger partial charge in [0.25, 0.3) is 0 Å². The Hall–Kier alpha value is 0.430. The topological polar surface area (TPSA) is 26.0 Å². The molecule has 1 aromatic carbocycles. The van der Waals surface area contributed by atoms with Crippen LogP contribution in [0.3, 0.4) is 0 Å². The molecule has 1 atom stereocenters. The van der Waals surface area contributed by atoms with E-state index in [0.717, 1.165) is 15.4 Å². The van der Waals surface area contributed by atoms with E-state index in [1.165, 1.54) is 24.8 Å². The molecule has 1 rings (SSSR count). The molecule has 16 heavy (non-hydrogen) atoms. The van der Waals surface area contributed by atoms with Crippen molar-refractivity contribution in [2.75, 3.05) is 0 Å². The average Bonchev–Trinajstić information content (AvgIpc) is 2.16. The third-order valence-electron chi connectivity index (χ3n) is 2.43. The summed E-state index contributed by atoms with van der Waals surface area (Å²) in [5.74, 6) is 0. The number of benzene rings is 1. The van der Waals surface area contributed by atoms with Crippen molar-refractivity contribution in [3.8, 4) is 0 Å². The number of halogens is 3. The van der Waals surface area contributed by atoms with Crippen LogP contribution in [0, 0.1) is 0 Å². The van der Waals surface area contributed by atoms with Gasteiger partial charge in [0, 0.05) is 15.0 Å². The molecular weight excluding hydrogens is 353 g/mol. The van der Waals surface area contributed by atoms with Gasteiger partial charge < -0.3 is 5.73 Å². The highest BCUT2D eigenvalue weighted by molar-refractivity contribution is 9.11. The predicted octanol–water partition coefficient (Wildman–Crippen LogP) is 5.21. The van der Waals surface area contributed by atoms with Crippen LogP contribution in [0.1, 0.15) is 44.2 Å². The van der Waals surface area contributed by atoms with E-state index in [2.05, 4.69) is 50.9 Å². The summed E-state index contributed by atoms with van der Waals surface area (Å²) in [5, 5.41) is 0. The largest absolute Gasteiger partial charge is 0.324 e. The Kier molecular flexibility index (Phi) is 8.74. The van der Waals surface area contributed by atoms with Crippen molar-refractivity contribution in [2.45, 2.75) is 38.6 Å². The Balaban J connectivity index is 0.00000225. The molecule has 0 saturated heterocycles. The van der Waals surface area contributed by atoms with Crippen LogP contribution in [0.15, 0.2) is 27.1 Å². The average molecular weight is 372 g/mol. The van der Waals surface area contributed by atoms with Crippen molar-refractivity contribution in [2.24, 2.45) is 5.73 Å². The summed E-state index contributed by atoms with van der Waals surface area (Å²) in [7, 11) is 0. The van der Waals surface area contributed by atoms with Crippen molar-refractivity contribution in [3.05, 3.63) is 32.7 Å².